The van der Waals surface area contributed by atoms with Gasteiger partial charge in [0, 0.05) is 0 Å². The van der Waals surface area contributed by atoms with Crippen LogP contribution >= 0.6 is 0 Å². The smallest absolute Gasteiger partial charge is 0.00405 e. The maximum absolute atomic E-state index is 3.46. The molecule has 0 aromatic carbocycles. The van der Waals surface area contributed by atoms with Crippen LogP contribution in [-0.2, 0) is 0 Å². The van der Waals surface area contributed by atoms with Gasteiger partial charge in [0.2, 0.25) is 0 Å². The molecule has 1 spiro atoms. The molecule has 0 amide bonds. The van der Waals surface area contributed by atoms with Crippen molar-refractivity contribution in [2.24, 2.45) is 5.41 Å². The average Bonchev–Trinajstić information content (AvgIpc) is 2.33. The lowest BCUT2D eigenvalue weighted by atomic mass is 9.76. The van der Waals surface area contributed by atoms with Crippen LogP contribution in [0.1, 0.15) is 25.7 Å². The summed E-state index contributed by atoms with van der Waals surface area (Å²) < 4.78 is 0. The van der Waals surface area contributed by atoms with Crippen molar-refractivity contribution in [3.63, 3.8) is 0 Å². The van der Waals surface area contributed by atoms with Crippen LogP contribution in [-0.4, -0.2) is 13.1 Å². The first-order chi connectivity index (χ1) is 5.91. The fraction of sp³-hybridized carbons (Fsp3) is 0.636. The average molecular weight is 163 g/mol. The van der Waals surface area contributed by atoms with Gasteiger partial charge < -0.3 is 5.32 Å². The number of rotatable bonds is 0. The molecule has 0 aromatic heterocycles. The van der Waals surface area contributed by atoms with E-state index in [1.807, 2.05) is 0 Å². The molecule has 1 atom stereocenters. The van der Waals surface area contributed by atoms with E-state index in [0.717, 1.165) is 0 Å². The van der Waals surface area contributed by atoms with E-state index in [2.05, 4.69) is 29.6 Å². The van der Waals surface area contributed by atoms with Crippen molar-refractivity contribution < 1.29 is 0 Å². The third kappa shape index (κ3) is 1.61. The van der Waals surface area contributed by atoms with E-state index in [-0.39, 0.29) is 0 Å². The van der Waals surface area contributed by atoms with Crippen LogP contribution in [0.15, 0.2) is 24.3 Å². The number of hydrogen-bond donors (Lipinski definition) is 1. The number of nitrogens with one attached hydrogen (secondary N) is 1. The molecule has 0 aromatic rings. The third-order valence-electron chi connectivity index (χ3n) is 3.05. The summed E-state index contributed by atoms with van der Waals surface area (Å²) in [5, 5.41) is 3.46. The predicted octanol–water partition coefficient (Wildman–Crippen LogP) is 2.26. The molecule has 1 aliphatic carbocycles. The Bertz CT molecular complexity index is 195. The Hall–Kier alpha value is -0.560. The summed E-state index contributed by atoms with van der Waals surface area (Å²) in [6.07, 6.45) is 14.4. The highest BCUT2D eigenvalue weighted by Gasteiger charge is 2.27. The van der Waals surface area contributed by atoms with Crippen molar-refractivity contribution in [1.29, 1.82) is 0 Å². The zero-order valence-electron chi connectivity index (χ0n) is 7.55. The van der Waals surface area contributed by atoms with Gasteiger partial charge in [0.05, 0.1) is 0 Å². The second-order valence-corrected chi connectivity index (χ2v) is 3.96. The van der Waals surface area contributed by atoms with Crippen LogP contribution in [0.2, 0.25) is 0 Å². The van der Waals surface area contributed by atoms with Gasteiger partial charge >= 0.3 is 0 Å². The molecule has 0 bridgehead atoms. The zero-order valence-corrected chi connectivity index (χ0v) is 7.55. The minimum Gasteiger partial charge on any atom is -0.317 e. The van der Waals surface area contributed by atoms with Crippen molar-refractivity contribution in [2.75, 3.05) is 13.1 Å². The molecule has 1 nitrogen and oxygen atoms in total. The maximum Gasteiger partial charge on any atom is -0.00405 e. The van der Waals surface area contributed by atoms with E-state index in [1.165, 1.54) is 38.8 Å². The lowest BCUT2D eigenvalue weighted by Crippen LogP contribution is -2.21. The highest BCUT2D eigenvalue weighted by Crippen LogP contribution is 2.37. The fourth-order valence-electron chi connectivity index (χ4n) is 2.23. The summed E-state index contributed by atoms with van der Waals surface area (Å²) >= 11 is 0. The molecule has 66 valence electrons. The lowest BCUT2D eigenvalue weighted by molar-refractivity contribution is 0.339. The summed E-state index contributed by atoms with van der Waals surface area (Å²) in [5.74, 6) is 0. The molecule has 2 aliphatic rings. The fourth-order valence-corrected chi connectivity index (χ4v) is 2.23. The Balaban J connectivity index is 2.07. The maximum atomic E-state index is 3.46. The lowest BCUT2D eigenvalue weighted by Gasteiger charge is -2.29. The Morgan fingerprint density at radius 3 is 2.92 bits per heavy atom. The molecule has 1 unspecified atom stereocenters. The van der Waals surface area contributed by atoms with E-state index in [9.17, 15) is 0 Å². The third-order valence-corrected chi connectivity index (χ3v) is 3.05. The van der Waals surface area contributed by atoms with Crippen molar-refractivity contribution in [3.8, 4) is 0 Å². The molecule has 1 N–H and O–H groups in total. The van der Waals surface area contributed by atoms with Gasteiger partial charge in [0.25, 0.3) is 0 Å². The first-order valence-corrected chi connectivity index (χ1v) is 4.96. The SMILES string of the molecule is C1=CCC2(C=C1)CCCNCC2. The van der Waals surface area contributed by atoms with Gasteiger partial charge in [0.15, 0.2) is 0 Å². The minimum atomic E-state index is 0.512. The van der Waals surface area contributed by atoms with E-state index < -0.39 is 0 Å². The first-order valence-electron chi connectivity index (χ1n) is 4.96. The van der Waals surface area contributed by atoms with Gasteiger partial charge in [-0.1, -0.05) is 24.3 Å². The van der Waals surface area contributed by atoms with Crippen LogP contribution in [0.5, 0.6) is 0 Å². The van der Waals surface area contributed by atoms with Crippen LogP contribution in [0.25, 0.3) is 0 Å². The normalized spacial score (nSPS) is 35.3. The van der Waals surface area contributed by atoms with E-state index >= 15 is 0 Å². The Labute approximate surface area is 74.5 Å². The molecular formula is C11H17N. The van der Waals surface area contributed by atoms with E-state index in [0.29, 0.717) is 5.41 Å². The molecule has 1 heterocycles. The van der Waals surface area contributed by atoms with Gasteiger partial charge in [0.1, 0.15) is 0 Å². The van der Waals surface area contributed by atoms with E-state index in [1.54, 1.807) is 0 Å². The minimum absolute atomic E-state index is 0.512. The first kappa shape index (κ1) is 8.06. The Morgan fingerprint density at radius 1 is 1.08 bits per heavy atom. The monoisotopic (exact) mass is 163 g/mol. The number of hydrogen-bond acceptors (Lipinski definition) is 1. The quantitative estimate of drug-likeness (QED) is 0.577. The van der Waals surface area contributed by atoms with E-state index in [4.69, 9.17) is 0 Å². The van der Waals surface area contributed by atoms with Gasteiger partial charge in [-0.25, -0.2) is 0 Å². The van der Waals surface area contributed by atoms with Gasteiger partial charge in [-0.2, -0.15) is 0 Å². The second kappa shape index (κ2) is 3.44. The molecule has 1 saturated heterocycles. The Kier molecular flexibility index (Phi) is 2.31. The molecular weight excluding hydrogens is 146 g/mol. The van der Waals surface area contributed by atoms with Crippen LogP contribution < -0.4 is 5.32 Å². The van der Waals surface area contributed by atoms with Crippen LogP contribution in [0.4, 0.5) is 0 Å². The van der Waals surface area contributed by atoms with Crippen molar-refractivity contribution in [2.45, 2.75) is 25.7 Å². The van der Waals surface area contributed by atoms with Crippen molar-refractivity contribution in [3.05, 3.63) is 24.3 Å². The molecule has 1 heteroatoms. The molecule has 1 aliphatic heterocycles. The van der Waals surface area contributed by atoms with Gasteiger partial charge in [-0.15, -0.1) is 0 Å². The van der Waals surface area contributed by atoms with Crippen LogP contribution in [0, 0.1) is 5.41 Å². The standard InChI is InChI=1S/C11H17N/c1-2-5-11(6-3-1)7-4-9-12-10-8-11/h1-3,5,12H,4,6-10H2. The molecule has 2 rings (SSSR count). The summed E-state index contributed by atoms with van der Waals surface area (Å²) in [7, 11) is 0. The highest BCUT2D eigenvalue weighted by atomic mass is 14.9. The molecule has 0 saturated carbocycles. The summed E-state index contributed by atoms with van der Waals surface area (Å²) in [6.45, 7) is 2.40. The molecule has 12 heavy (non-hydrogen) atoms. The largest absolute Gasteiger partial charge is 0.317 e. The van der Waals surface area contributed by atoms with Gasteiger partial charge in [-0.05, 0) is 44.2 Å². The van der Waals surface area contributed by atoms with Gasteiger partial charge in [-0.3, -0.25) is 0 Å². The zero-order chi connectivity index (χ0) is 8.28. The number of allylic oxidation sites excluding steroid dienone is 4. The second-order valence-electron chi connectivity index (χ2n) is 3.96. The predicted molar refractivity (Wildman–Crippen MR) is 52.1 cm³/mol. The summed E-state index contributed by atoms with van der Waals surface area (Å²) in [6, 6.07) is 0. The highest BCUT2D eigenvalue weighted by molar-refractivity contribution is 5.16. The molecule has 1 fully saturated rings. The molecule has 0 radical (unpaired) electrons. The Morgan fingerprint density at radius 2 is 2.08 bits per heavy atom. The van der Waals surface area contributed by atoms with Crippen molar-refractivity contribution >= 4 is 0 Å². The summed E-state index contributed by atoms with van der Waals surface area (Å²) in [5.41, 5.74) is 0.512. The van der Waals surface area contributed by atoms with Crippen molar-refractivity contribution in [1.82, 2.24) is 5.32 Å². The van der Waals surface area contributed by atoms with Crippen LogP contribution in [0.3, 0.4) is 0 Å². The summed E-state index contributed by atoms with van der Waals surface area (Å²) in [4.78, 5) is 0. The topological polar surface area (TPSA) is 12.0 Å².